The van der Waals surface area contributed by atoms with E-state index in [2.05, 4.69) is 4.74 Å². The van der Waals surface area contributed by atoms with Crippen LogP contribution in [0.1, 0.15) is 69.4 Å². The Morgan fingerprint density at radius 2 is 2.58 bits per heavy atom. The highest BCUT2D eigenvalue weighted by molar-refractivity contribution is 5.65. The molecule has 0 aliphatic carbocycles. The zero-order valence-electron chi connectivity index (χ0n) is 23.3. The van der Waals surface area contributed by atoms with Gasteiger partial charge in [0.05, 0.1) is 9.30 Å². The van der Waals surface area contributed by atoms with Gasteiger partial charge in [0, 0.05) is 27.5 Å². The van der Waals surface area contributed by atoms with Crippen molar-refractivity contribution in [2.24, 2.45) is 5.89 Å². The molecule has 0 rings (SSSR count). The number of ether oxygens (including phenoxy) is 1. The molecule has 0 fully saturated rings. The summed E-state index contributed by atoms with van der Waals surface area (Å²) in [6.45, 7) is -11.5. The smallest absolute Gasteiger partial charge is 0.302 e. The molecular weight excluding hydrogens is 152 g/mol. The zero-order chi connectivity index (χ0) is 24.3. The van der Waals surface area contributed by atoms with E-state index in [1.165, 1.54) is 0 Å². The average Bonchev–Trinajstić information content (AvgIpc) is 2.41. The van der Waals surface area contributed by atoms with E-state index >= 15 is 0 Å². The molecule has 0 bridgehead atoms. The first-order chi connectivity index (χ1) is 12.2. The lowest BCUT2D eigenvalue weighted by atomic mass is 10.0. The third-order valence-electron chi connectivity index (χ3n) is 0.672. The summed E-state index contributed by atoms with van der Waals surface area (Å²) < 4.78 is 133. The molecule has 0 aromatic rings. The molecular formula is C10H20O2. The summed E-state index contributed by atoms with van der Waals surface area (Å²) in [7, 11) is 0. The topological polar surface area (TPSA) is 26.3 Å². The van der Waals surface area contributed by atoms with Crippen molar-refractivity contribution < 1.29 is 32.8 Å². The van der Waals surface area contributed by atoms with E-state index in [9.17, 15) is 4.79 Å². The van der Waals surface area contributed by atoms with Gasteiger partial charge < -0.3 is 4.74 Å². The lowest BCUT2D eigenvalue weighted by Gasteiger charge is -2.13. The fourth-order valence-electron chi connectivity index (χ4n) is 0.299. The van der Waals surface area contributed by atoms with E-state index in [1.54, 1.807) is 0 Å². The van der Waals surface area contributed by atoms with E-state index in [0.29, 0.717) is 6.92 Å². The van der Waals surface area contributed by atoms with Gasteiger partial charge in [0.2, 0.25) is 0 Å². The second-order valence-electron chi connectivity index (χ2n) is 1.57. The van der Waals surface area contributed by atoms with E-state index in [0.717, 1.165) is 0 Å². The van der Waals surface area contributed by atoms with Gasteiger partial charge in [-0.3, -0.25) is 4.79 Å². The molecule has 0 aliphatic heterocycles. The second kappa shape index (κ2) is 7.14. The summed E-state index contributed by atoms with van der Waals surface area (Å²) in [6.07, 6.45) is -17.3. The SMILES string of the molecule is [2H]C([2H])([2H])C([2H])([2H])C([2H])([2H])C([2H])([2H])C([2H])(C([2H])([2H])OC(C)=O)C([2H])([2H])C([2H])([2H])[2H]. The first-order valence-electron chi connectivity index (χ1n) is 11.4. The van der Waals surface area contributed by atoms with Crippen LogP contribution in [0.25, 0.3) is 0 Å². The Kier molecular flexibility index (Phi) is 0.991. The monoisotopic (exact) mass is 189 g/mol. The van der Waals surface area contributed by atoms with Crippen LogP contribution >= 0.6 is 0 Å². The van der Waals surface area contributed by atoms with Crippen molar-refractivity contribution in [1.29, 1.82) is 0 Å². The van der Waals surface area contributed by atoms with Gasteiger partial charge in [-0.2, -0.15) is 0 Å². The lowest BCUT2D eigenvalue weighted by Crippen LogP contribution is -2.11. The van der Waals surface area contributed by atoms with Gasteiger partial charge in [0.15, 0.2) is 0 Å². The highest BCUT2D eigenvalue weighted by Crippen LogP contribution is 2.12. The minimum atomic E-state index is -4.52. The van der Waals surface area contributed by atoms with Crippen LogP contribution < -0.4 is 0 Å². The molecule has 1 unspecified atom stereocenters. The predicted octanol–water partition coefficient (Wildman–Crippen LogP) is 2.77. The van der Waals surface area contributed by atoms with Crippen molar-refractivity contribution >= 4 is 5.97 Å². The predicted molar refractivity (Wildman–Crippen MR) is 49.9 cm³/mol. The molecule has 0 amide bonds. The summed E-state index contributed by atoms with van der Waals surface area (Å²) in [5.41, 5.74) is 0. The van der Waals surface area contributed by atoms with Crippen LogP contribution in [0, 0.1) is 5.89 Å². The fraction of sp³-hybridized carbons (Fsp3) is 0.900. The zero-order valence-corrected chi connectivity index (χ0v) is 6.32. The minimum absolute atomic E-state index is 0.565. The molecule has 2 heteroatoms. The van der Waals surface area contributed by atoms with Gasteiger partial charge in [0.25, 0.3) is 0 Å². The number of carbonyl (C=O) groups excluding carboxylic acids is 1. The molecule has 2 nitrogen and oxygen atoms in total. The van der Waals surface area contributed by atoms with Crippen LogP contribution in [0.15, 0.2) is 0 Å². The summed E-state index contributed by atoms with van der Waals surface area (Å²) in [6, 6.07) is 0. The maximum atomic E-state index is 11.2. The van der Waals surface area contributed by atoms with Crippen molar-refractivity contribution in [1.82, 2.24) is 0 Å². The van der Waals surface area contributed by atoms with Crippen LogP contribution in [0.2, 0.25) is 0 Å². The Balaban J connectivity index is 7.31. The summed E-state index contributed by atoms with van der Waals surface area (Å²) in [5, 5.41) is 0. The van der Waals surface area contributed by atoms with E-state index in [1.807, 2.05) is 0 Å². The van der Waals surface area contributed by atoms with Crippen LogP contribution in [0.4, 0.5) is 0 Å². The Bertz CT molecular complexity index is 629. The maximum absolute atomic E-state index is 11.2. The van der Waals surface area contributed by atoms with Crippen LogP contribution in [0.5, 0.6) is 0 Å². The quantitative estimate of drug-likeness (QED) is 0.601. The minimum Gasteiger partial charge on any atom is -0.466 e. The summed E-state index contributed by atoms with van der Waals surface area (Å²) >= 11 is 0. The van der Waals surface area contributed by atoms with Crippen molar-refractivity contribution in [2.75, 3.05) is 6.56 Å². The van der Waals surface area contributed by atoms with Gasteiger partial charge in [-0.15, -0.1) is 0 Å². The maximum Gasteiger partial charge on any atom is 0.302 e. The number of esters is 1. The van der Waals surface area contributed by atoms with Gasteiger partial charge in [-0.25, -0.2) is 0 Å². The highest BCUT2D eigenvalue weighted by atomic mass is 16.5. The third-order valence-corrected chi connectivity index (χ3v) is 0.672. The molecule has 0 saturated heterocycles. The van der Waals surface area contributed by atoms with Crippen molar-refractivity contribution in [3.8, 4) is 0 Å². The molecule has 0 radical (unpaired) electrons. The normalized spacial score (nSPS) is 44.2. The van der Waals surface area contributed by atoms with Gasteiger partial charge >= 0.3 is 5.97 Å². The molecule has 0 aliphatic rings. The number of hydrogen-bond donors (Lipinski definition) is 0. The molecule has 1 atom stereocenters. The second-order valence-corrected chi connectivity index (χ2v) is 1.57. The Morgan fingerprint density at radius 3 is 3.17 bits per heavy atom. The van der Waals surface area contributed by atoms with Crippen molar-refractivity contribution in [3.63, 3.8) is 0 Å². The van der Waals surface area contributed by atoms with Crippen LogP contribution in [-0.2, 0) is 9.53 Å². The number of carbonyl (C=O) groups is 1. The largest absolute Gasteiger partial charge is 0.466 e. The number of rotatable bonds is 6. The van der Waals surface area contributed by atoms with Gasteiger partial charge in [-0.1, -0.05) is 32.8 Å². The Labute approximate surface area is 99.2 Å². The van der Waals surface area contributed by atoms with E-state index in [4.69, 9.17) is 23.3 Å². The Morgan fingerprint density at radius 1 is 1.75 bits per heavy atom. The van der Waals surface area contributed by atoms with Gasteiger partial charge in [0.1, 0.15) is 0 Å². The average molecular weight is 189 g/mol. The molecule has 0 heterocycles. The molecule has 0 aromatic carbocycles. The van der Waals surface area contributed by atoms with E-state index in [-0.39, 0.29) is 0 Å². The van der Waals surface area contributed by atoms with Crippen LogP contribution in [-0.4, -0.2) is 12.5 Å². The Hall–Kier alpha value is -0.530. The molecule has 0 aromatic heterocycles. The summed E-state index contributed by atoms with van der Waals surface area (Å²) in [4.78, 5) is 11.2. The first kappa shape index (κ1) is 1.67. The van der Waals surface area contributed by atoms with Crippen molar-refractivity contribution in [3.05, 3.63) is 0 Å². The molecule has 72 valence electrons. The molecule has 12 heavy (non-hydrogen) atoms. The molecule has 0 saturated carbocycles. The van der Waals surface area contributed by atoms with Crippen molar-refractivity contribution in [2.45, 2.75) is 46.1 Å². The highest BCUT2D eigenvalue weighted by Gasteiger charge is 2.06. The third kappa shape index (κ3) is 6.20. The fourth-order valence-corrected chi connectivity index (χ4v) is 0.299. The number of hydrogen-bond acceptors (Lipinski definition) is 2. The first-order valence-corrected chi connectivity index (χ1v) is 2.86. The summed E-state index contributed by atoms with van der Waals surface area (Å²) in [5.74, 6) is -6.06. The van der Waals surface area contributed by atoms with Crippen LogP contribution in [0.3, 0.4) is 0 Å². The standard InChI is InChI=1S/C10H20O2/c1-4-6-7-10(5-2)8-12-9(3)11/h10H,4-8H2,1-3H3/i1D3,2D3,4D2,5D2,6D2,7D2,8D2,10D. The molecule has 0 spiro atoms. The molecule has 0 N–H and O–H groups in total. The van der Waals surface area contributed by atoms with E-state index < -0.39 is 57.6 Å². The van der Waals surface area contributed by atoms with Gasteiger partial charge in [-0.05, 0) is 12.3 Å². The lowest BCUT2D eigenvalue weighted by molar-refractivity contribution is -0.142.